The first-order valence-electron chi connectivity index (χ1n) is 5.78. The van der Waals surface area contributed by atoms with Crippen LogP contribution in [0.15, 0.2) is 29.0 Å². The number of rotatable bonds is 4. The number of methoxy groups -OCH3 is 1. The molecule has 0 spiro atoms. The fourth-order valence-electron chi connectivity index (χ4n) is 1.74. The van der Waals surface area contributed by atoms with Crippen molar-refractivity contribution >= 4 is 28.9 Å². The molecule has 0 bridgehead atoms. The SMILES string of the molecule is COc1cc(NC(=O)c2cscc2C)ccc1C(=O)O. The summed E-state index contributed by atoms with van der Waals surface area (Å²) in [5.74, 6) is -1.10. The molecule has 2 rings (SSSR count). The van der Waals surface area contributed by atoms with Crippen molar-refractivity contribution in [3.63, 3.8) is 0 Å². The summed E-state index contributed by atoms with van der Waals surface area (Å²) in [5, 5.41) is 15.4. The molecule has 20 heavy (non-hydrogen) atoms. The van der Waals surface area contributed by atoms with Gasteiger partial charge in [-0.25, -0.2) is 4.79 Å². The van der Waals surface area contributed by atoms with E-state index >= 15 is 0 Å². The van der Waals surface area contributed by atoms with Gasteiger partial charge in [0.1, 0.15) is 11.3 Å². The van der Waals surface area contributed by atoms with Crippen LogP contribution >= 0.6 is 11.3 Å². The maximum absolute atomic E-state index is 12.1. The van der Waals surface area contributed by atoms with E-state index in [0.717, 1.165) is 5.56 Å². The van der Waals surface area contributed by atoms with Crippen LogP contribution in [0.5, 0.6) is 5.75 Å². The average Bonchev–Trinajstić information content (AvgIpc) is 2.84. The number of ether oxygens (including phenoxy) is 1. The van der Waals surface area contributed by atoms with Gasteiger partial charge in [0.15, 0.2) is 0 Å². The Morgan fingerprint density at radius 1 is 1.25 bits per heavy atom. The minimum atomic E-state index is -1.08. The van der Waals surface area contributed by atoms with E-state index < -0.39 is 5.97 Å². The lowest BCUT2D eigenvalue weighted by Crippen LogP contribution is -2.12. The van der Waals surface area contributed by atoms with E-state index in [4.69, 9.17) is 9.84 Å². The second-order valence-electron chi connectivity index (χ2n) is 4.14. The molecule has 5 nitrogen and oxygen atoms in total. The van der Waals surface area contributed by atoms with E-state index in [9.17, 15) is 9.59 Å². The molecule has 0 aliphatic heterocycles. The Bertz CT molecular complexity index is 663. The predicted molar refractivity (Wildman–Crippen MR) is 77.0 cm³/mol. The van der Waals surface area contributed by atoms with Crippen LogP contribution in [0.2, 0.25) is 0 Å². The molecule has 2 aromatic rings. The molecular weight excluding hydrogens is 278 g/mol. The molecule has 104 valence electrons. The van der Waals surface area contributed by atoms with Crippen molar-refractivity contribution in [1.29, 1.82) is 0 Å². The van der Waals surface area contributed by atoms with Crippen molar-refractivity contribution in [1.82, 2.24) is 0 Å². The number of hydrogen-bond donors (Lipinski definition) is 2. The van der Waals surface area contributed by atoms with Crippen LogP contribution in [0.3, 0.4) is 0 Å². The topological polar surface area (TPSA) is 75.6 Å². The van der Waals surface area contributed by atoms with Crippen LogP contribution in [-0.2, 0) is 0 Å². The summed E-state index contributed by atoms with van der Waals surface area (Å²) in [4.78, 5) is 23.0. The van der Waals surface area contributed by atoms with Crippen LogP contribution in [0.1, 0.15) is 26.3 Å². The summed E-state index contributed by atoms with van der Waals surface area (Å²) in [5.41, 5.74) is 2.05. The molecular formula is C14H13NO4S. The van der Waals surface area contributed by atoms with Gasteiger partial charge in [0.2, 0.25) is 0 Å². The van der Waals surface area contributed by atoms with Gasteiger partial charge >= 0.3 is 5.97 Å². The van der Waals surface area contributed by atoms with Crippen LogP contribution in [0, 0.1) is 6.92 Å². The first-order chi connectivity index (χ1) is 9.52. The van der Waals surface area contributed by atoms with Gasteiger partial charge in [0, 0.05) is 17.1 Å². The number of hydrogen-bond acceptors (Lipinski definition) is 4. The van der Waals surface area contributed by atoms with Crippen LogP contribution < -0.4 is 10.1 Å². The Hall–Kier alpha value is -2.34. The van der Waals surface area contributed by atoms with Gasteiger partial charge in [-0.1, -0.05) is 0 Å². The molecule has 0 saturated heterocycles. The number of benzene rings is 1. The first kappa shape index (κ1) is 14.1. The van der Waals surface area contributed by atoms with Crippen molar-refractivity contribution in [2.45, 2.75) is 6.92 Å². The van der Waals surface area contributed by atoms with Crippen molar-refractivity contribution < 1.29 is 19.4 Å². The maximum atomic E-state index is 12.1. The third kappa shape index (κ3) is 2.80. The van der Waals surface area contributed by atoms with Gasteiger partial charge in [-0.3, -0.25) is 4.79 Å². The number of anilines is 1. The lowest BCUT2D eigenvalue weighted by atomic mass is 10.1. The van der Waals surface area contributed by atoms with E-state index in [2.05, 4.69) is 5.32 Å². The Kier molecular flexibility index (Phi) is 4.05. The molecule has 1 amide bonds. The Morgan fingerprint density at radius 3 is 2.55 bits per heavy atom. The maximum Gasteiger partial charge on any atom is 0.339 e. The average molecular weight is 291 g/mol. The fraction of sp³-hybridized carbons (Fsp3) is 0.143. The minimum Gasteiger partial charge on any atom is -0.496 e. The van der Waals surface area contributed by atoms with Crippen LogP contribution in [0.25, 0.3) is 0 Å². The van der Waals surface area contributed by atoms with Gasteiger partial charge in [-0.05, 0) is 30.0 Å². The summed E-state index contributed by atoms with van der Waals surface area (Å²) < 4.78 is 5.01. The lowest BCUT2D eigenvalue weighted by Gasteiger charge is -2.09. The predicted octanol–water partition coefficient (Wildman–Crippen LogP) is 3.02. The van der Waals surface area contributed by atoms with Gasteiger partial charge < -0.3 is 15.2 Å². The monoisotopic (exact) mass is 291 g/mol. The standard InChI is InChI=1S/C14H13NO4S/c1-8-6-20-7-11(8)13(16)15-9-3-4-10(14(17)18)12(5-9)19-2/h3-7H,1-2H3,(H,15,16)(H,17,18). The Balaban J connectivity index is 2.24. The zero-order valence-electron chi connectivity index (χ0n) is 11.0. The van der Waals surface area contributed by atoms with Crippen molar-refractivity contribution in [2.75, 3.05) is 12.4 Å². The molecule has 0 aliphatic rings. The molecule has 0 unspecified atom stereocenters. The van der Waals surface area contributed by atoms with E-state index in [1.165, 1.54) is 36.6 Å². The van der Waals surface area contributed by atoms with Crippen LogP contribution in [-0.4, -0.2) is 24.1 Å². The van der Waals surface area contributed by atoms with Crippen molar-refractivity contribution in [2.24, 2.45) is 0 Å². The van der Waals surface area contributed by atoms with Crippen molar-refractivity contribution in [3.05, 3.63) is 45.6 Å². The third-order valence-electron chi connectivity index (χ3n) is 2.79. The smallest absolute Gasteiger partial charge is 0.339 e. The summed E-state index contributed by atoms with van der Waals surface area (Å²) in [6.45, 7) is 1.86. The second kappa shape index (κ2) is 5.75. The second-order valence-corrected chi connectivity index (χ2v) is 4.89. The van der Waals surface area contributed by atoms with Gasteiger partial charge in [-0.15, -0.1) is 0 Å². The zero-order chi connectivity index (χ0) is 14.7. The third-order valence-corrected chi connectivity index (χ3v) is 3.65. The summed E-state index contributed by atoms with van der Waals surface area (Å²) in [6.07, 6.45) is 0. The zero-order valence-corrected chi connectivity index (χ0v) is 11.8. The van der Waals surface area contributed by atoms with E-state index in [1.54, 1.807) is 5.38 Å². The molecule has 0 saturated carbocycles. The number of aromatic carboxylic acids is 1. The van der Waals surface area contributed by atoms with Crippen molar-refractivity contribution in [3.8, 4) is 5.75 Å². The number of carbonyl (C=O) groups excluding carboxylic acids is 1. The van der Waals surface area contributed by atoms with Gasteiger partial charge in [-0.2, -0.15) is 11.3 Å². The van der Waals surface area contributed by atoms with E-state index in [-0.39, 0.29) is 17.2 Å². The first-order valence-corrected chi connectivity index (χ1v) is 6.72. The highest BCUT2D eigenvalue weighted by molar-refractivity contribution is 7.08. The highest BCUT2D eigenvalue weighted by atomic mass is 32.1. The molecule has 0 fully saturated rings. The fourth-order valence-corrected chi connectivity index (χ4v) is 2.57. The van der Waals surface area contributed by atoms with Gasteiger partial charge in [0.25, 0.3) is 5.91 Å². The highest BCUT2D eigenvalue weighted by Crippen LogP contribution is 2.24. The lowest BCUT2D eigenvalue weighted by molar-refractivity contribution is 0.0693. The number of amides is 1. The van der Waals surface area contributed by atoms with E-state index in [0.29, 0.717) is 11.3 Å². The molecule has 2 N–H and O–H groups in total. The van der Waals surface area contributed by atoms with Crippen LogP contribution in [0.4, 0.5) is 5.69 Å². The molecule has 0 aliphatic carbocycles. The molecule has 0 atom stereocenters. The summed E-state index contributed by atoms with van der Waals surface area (Å²) >= 11 is 1.46. The normalized spacial score (nSPS) is 10.1. The molecule has 1 aromatic heterocycles. The Labute approximate surface area is 119 Å². The number of thiophene rings is 1. The number of carboxylic acid groups (broad SMARTS) is 1. The molecule has 1 aromatic carbocycles. The van der Waals surface area contributed by atoms with E-state index in [1.807, 2.05) is 12.3 Å². The highest BCUT2D eigenvalue weighted by Gasteiger charge is 2.14. The number of carbonyl (C=O) groups is 2. The number of carboxylic acids is 1. The molecule has 0 radical (unpaired) electrons. The summed E-state index contributed by atoms with van der Waals surface area (Å²) in [7, 11) is 1.39. The Morgan fingerprint density at radius 2 is 2.00 bits per heavy atom. The summed E-state index contributed by atoms with van der Waals surface area (Å²) in [6, 6.07) is 4.42. The van der Waals surface area contributed by atoms with Gasteiger partial charge in [0.05, 0.1) is 12.7 Å². The molecule has 1 heterocycles. The molecule has 6 heteroatoms. The number of aryl methyl sites for hydroxylation is 1. The minimum absolute atomic E-state index is 0.0530. The quantitative estimate of drug-likeness (QED) is 0.908. The number of nitrogens with one attached hydrogen (secondary N) is 1. The largest absolute Gasteiger partial charge is 0.496 e.